The molecule has 0 radical (unpaired) electrons. The topological polar surface area (TPSA) is 41.1 Å². The number of amides is 1. The molecule has 110 valence electrons. The van der Waals surface area contributed by atoms with Gasteiger partial charge in [-0.25, -0.2) is 0 Å². The largest absolute Gasteiger partial charge is 0.387 e. The van der Waals surface area contributed by atoms with Gasteiger partial charge in [-0.3, -0.25) is 4.79 Å². The van der Waals surface area contributed by atoms with E-state index in [1.54, 1.807) is 0 Å². The fourth-order valence-electron chi connectivity index (χ4n) is 2.17. The molecule has 0 aliphatic heterocycles. The molecule has 0 bridgehead atoms. The number of halogens is 1. The fraction of sp³-hybridized carbons (Fsp3) is 0.235. The normalized spacial score (nSPS) is 11.8. The van der Waals surface area contributed by atoms with Crippen LogP contribution in [-0.4, -0.2) is 13.0 Å². The lowest BCUT2D eigenvalue weighted by atomic mass is 10.1. The monoisotopic (exact) mass is 302 g/mol. The third-order valence-corrected chi connectivity index (χ3v) is 3.66. The number of carbonyl (C=O) groups excluding carboxylic acids is 1. The smallest absolute Gasteiger partial charge is 0.253 e. The highest BCUT2D eigenvalue weighted by Crippen LogP contribution is 2.20. The van der Waals surface area contributed by atoms with Crippen LogP contribution in [0.1, 0.15) is 34.5 Å². The molecule has 2 rings (SSSR count). The number of anilines is 1. The van der Waals surface area contributed by atoms with Crippen LogP contribution < -0.4 is 10.6 Å². The van der Waals surface area contributed by atoms with Crippen LogP contribution in [0.4, 0.5) is 5.69 Å². The zero-order chi connectivity index (χ0) is 15.4. The Morgan fingerprint density at radius 3 is 2.43 bits per heavy atom. The van der Waals surface area contributed by atoms with Crippen molar-refractivity contribution in [3.8, 4) is 0 Å². The maximum Gasteiger partial charge on any atom is 0.253 e. The first-order valence-electron chi connectivity index (χ1n) is 6.86. The highest BCUT2D eigenvalue weighted by atomic mass is 35.5. The number of hydrogen-bond acceptors (Lipinski definition) is 2. The molecule has 1 atom stereocenters. The van der Waals surface area contributed by atoms with Crippen LogP contribution in [0, 0.1) is 6.92 Å². The van der Waals surface area contributed by atoms with E-state index < -0.39 is 0 Å². The van der Waals surface area contributed by atoms with Gasteiger partial charge in [-0.1, -0.05) is 35.4 Å². The zero-order valence-corrected chi connectivity index (χ0v) is 13.2. The average molecular weight is 303 g/mol. The lowest BCUT2D eigenvalue weighted by Gasteiger charge is -2.16. The number of carbonyl (C=O) groups is 1. The molecular weight excluding hydrogens is 284 g/mol. The van der Waals surface area contributed by atoms with Crippen LogP contribution >= 0.6 is 11.6 Å². The number of aryl methyl sites for hydroxylation is 1. The summed E-state index contributed by atoms with van der Waals surface area (Å²) in [5.74, 6) is -0.0921. The van der Waals surface area contributed by atoms with Crippen LogP contribution in [-0.2, 0) is 0 Å². The minimum atomic E-state index is -0.0921. The first kappa shape index (κ1) is 15.4. The molecule has 0 saturated carbocycles. The van der Waals surface area contributed by atoms with Gasteiger partial charge in [-0.2, -0.15) is 0 Å². The van der Waals surface area contributed by atoms with Gasteiger partial charge < -0.3 is 10.6 Å². The Labute approximate surface area is 130 Å². The number of hydrogen-bond donors (Lipinski definition) is 2. The quantitative estimate of drug-likeness (QED) is 0.889. The molecule has 0 saturated heterocycles. The summed E-state index contributed by atoms with van der Waals surface area (Å²) in [6.07, 6.45) is 0. The maximum absolute atomic E-state index is 12.5. The standard InChI is InChI=1S/C17H19ClN2O/c1-11-4-9-16(19-3)15(10-11)17(21)20-12(2)13-5-7-14(18)8-6-13/h4-10,12,19H,1-3H3,(H,20,21). The second kappa shape index (κ2) is 6.64. The van der Waals surface area contributed by atoms with Crippen molar-refractivity contribution in [1.29, 1.82) is 0 Å². The Kier molecular flexibility index (Phi) is 4.86. The molecule has 0 aliphatic rings. The van der Waals surface area contributed by atoms with E-state index in [1.165, 1.54) is 0 Å². The minimum absolute atomic E-state index is 0.0833. The number of rotatable bonds is 4. The van der Waals surface area contributed by atoms with Crippen molar-refractivity contribution >= 4 is 23.2 Å². The van der Waals surface area contributed by atoms with Crippen LogP contribution in [0.3, 0.4) is 0 Å². The molecule has 1 amide bonds. The lowest BCUT2D eigenvalue weighted by molar-refractivity contribution is 0.0940. The molecule has 0 aromatic heterocycles. The fourth-order valence-corrected chi connectivity index (χ4v) is 2.30. The van der Waals surface area contributed by atoms with E-state index in [4.69, 9.17) is 11.6 Å². The van der Waals surface area contributed by atoms with Crippen LogP contribution in [0.2, 0.25) is 5.02 Å². The van der Waals surface area contributed by atoms with Gasteiger partial charge in [-0.15, -0.1) is 0 Å². The molecule has 1 unspecified atom stereocenters. The van der Waals surface area contributed by atoms with Gasteiger partial charge in [0.05, 0.1) is 11.6 Å². The Balaban J connectivity index is 2.17. The van der Waals surface area contributed by atoms with E-state index >= 15 is 0 Å². The summed E-state index contributed by atoms with van der Waals surface area (Å²) < 4.78 is 0. The summed E-state index contributed by atoms with van der Waals surface area (Å²) in [6.45, 7) is 3.93. The summed E-state index contributed by atoms with van der Waals surface area (Å²) in [5.41, 5.74) is 3.55. The molecule has 21 heavy (non-hydrogen) atoms. The van der Waals surface area contributed by atoms with Crippen molar-refractivity contribution < 1.29 is 4.79 Å². The molecular formula is C17H19ClN2O. The van der Waals surface area contributed by atoms with Gasteiger partial charge in [-0.05, 0) is 43.7 Å². The predicted molar refractivity (Wildman–Crippen MR) is 88.1 cm³/mol. The predicted octanol–water partition coefficient (Wildman–Crippen LogP) is 4.18. The molecule has 0 fully saturated rings. The van der Waals surface area contributed by atoms with E-state index in [9.17, 15) is 4.79 Å². The molecule has 2 aromatic rings. The summed E-state index contributed by atoms with van der Waals surface area (Å²) in [7, 11) is 1.81. The lowest BCUT2D eigenvalue weighted by Crippen LogP contribution is -2.27. The number of nitrogens with one attached hydrogen (secondary N) is 2. The molecule has 2 N–H and O–H groups in total. The Morgan fingerprint density at radius 1 is 1.14 bits per heavy atom. The van der Waals surface area contributed by atoms with E-state index in [1.807, 2.05) is 63.4 Å². The van der Waals surface area contributed by atoms with Gasteiger partial charge in [0.25, 0.3) is 5.91 Å². The van der Waals surface area contributed by atoms with E-state index in [2.05, 4.69) is 10.6 Å². The Bertz CT molecular complexity index is 638. The number of benzene rings is 2. The zero-order valence-electron chi connectivity index (χ0n) is 12.4. The summed E-state index contributed by atoms with van der Waals surface area (Å²) in [6, 6.07) is 13.2. The highest BCUT2D eigenvalue weighted by molar-refractivity contribution is 6.30. The van der Waals surface area contributed by atoms with Gasteiger partial charge in [0.1, 0.15) is 0 Å². The summed E-state index contributed by atoms with van der Waals surface area (Å²) in [4.78, 5) is 12.5. The maximum atomic E-state index is 12.5. The SMILES string of the molecule is CNc1ccc(C)cc1C(=O)NC(C)c1ccc(Cl)cc1. The van der Waals surface area contributed by atoms with Gasteiger partial charge >= 0.3 is 0 Å². The van der Waals surface area contributed by atoms with Crippen LogP contribution in [0.25, 0.3) is 0 Å². The Hall–Kier alpha value is -2.00. The van der Waals surface area contributed by atoms with E-state index in [-0.39, 0.29) is 11.9 Å². The first-order chi connectivity index (χ1) is 10.0. The summed E-state index contributed by atoms with van der Waals surface area (Å²) >= 11 is 5.88. The van der Waals surface area contributed by atoms with Crippen LogP contribution in [0.15, 0.2) is 42.5 Å². The second-order valence-electron chi connectivity index (χ2n) is 5.05. The molecule has 3 nitrogen and oxygen atoms in total. The first-order valence-corrected chi connectivity index (χ1v) is 7.24. The average Bonchev–Trinajstić information content (AvgIpc) is 2.47. The van der Waals surface area contributed by atoms with Gasteiger partial charge in [0.15, 0.2) is 0 Å². The van der Waals surface area contributed by atoms with E-state index in [0.29, 0.717) is 10.6 Å². The second-order valence-corrected chi connectivity index (χ2v) is 5.48. The van der Waals surface area contributed by atoms with Crippen molar-refractivity contribution in [2.75, 3.05) is 12.4 Å². The van der Waals surface area contributed by atoms with Crippen molar-refractivity contribution in [1.82, 2.24) is 5.32 Å². The van der Waals surface area contributed by atoms with Crippen LogP contribution in [0.5, 0.6) is 0 Å². The molecule has 0 aliphatic carbocycles. The molecule has 2 aromatic carbocycles. The van der Waals surface area contributed by atoms with Gasteiger partial charge in [0, 0.05) is 17.8 Å². The highest BCUT2D eigenvalue weighted by Gasteiger charge is 2.14. The van der Waals surface area contributed by atoms with Crippen molar-refractivity contribution in [3.05, 3.63) is 64.2 Å². The van der Waals surface area contributed by atoms with Crippen molar-refractivity contribution in [2.24, 2.45) is 0 Å². The van der Waals surface area contributed by atoms with Crippen molar-refractivity contribution in [3.63, 3.8) is 0 Å². The Morgan fingerprint density at radius 2 is 1.81 bits per heavy atom. The molecule has 0 spiro atoms. The van der Waals surface area contributed by atoms with Crippen molar-refractivity contribution in [2.45, 2.75) is 19.9 Å². The minimum Gasteiger partial charge on any atom is -0.387 e. The third-order valence-electron chi connectivity index (χ3n) is 3.41. The van der Waals surface area contributed by atoms with Gasteiger partial charge in [0.2, 0.25) is 0 Å². The summed E-state index contributed by atoms with van der Waals surface area (Å²) in [5, 5.41) is 6.75. The molecule has 4 heteroatoms. The van der Waals surface area contributed by atoms with E-state index in [0.717, 1.165) is 16.8 Å². The third kappa shape index (κ3) is 3.76. The molecule has 0 heterocycles.